The topological polar surface area (TPSA) is 155 Å². The number of nitrogens with two attached hydrogens (primary N) is 2. The highest BCUT2D eigenvalue weighted by Gasteiger charge is 2.34. The van der Waals surface area contributed by atoms with Gasteiger partial charge < -0.3 is 16.6 Å². The summed E-state index contributed by atoms with van der Waals surface area (Å²) in [5, 5.41) is 10.9. The van der Waals surface area contributed by atoms with Crippen molar-refractivity contribution in [3.05, 3.63) is 65.8 Å². The SMILES string of the molecule is CC(C(C=Nc1ccccc1F)=NN)c1cc(-c2cnc(C(F)(F)F)nc2)c(C(N)=NC=N)[nH]1. The highest BCUT2D eigenvalue weighted by molar-refractivity contribution is 6.33. The van der Waals surface area contributed by atoms with Gasteiger partial charge in [-0.25, -0.2) is 19.4 Å². The van der Waals surface area contributed by atoms with Crippen LogP contribution in [0.25, 0.3) is 11.1 Å². The van der Waals surface area contributed by atoms with Crippen LogP contribution in [0.3, 0.4) is 0 Å². The molecule has 2 aromatic heterocycles. The number of hydrogen-bond acceptors (Lipinski definition) is 6. The Morgan fingerprint density at radius 2 is 1.88 bits per heavy atom. The van der Waals surface area contributed by atoms with Gasteiger partial charge in [-0.15, -0.1) is 0 Å². The smallest absolute Gasteiger partial charge is 0.382 e. The number of amidine groups is 1. The molecule has 9 nitrogen and oxygen atoms in total. The average Bonchev–Trinajstić information content (AvgIpc) is 3.26. The maximum atomic E-state index is 13.9. The first-order valence-corrected chi connectivity index (χ1v) is 9.67. The van der Waals surface area contributed by atoms with E-state index in [1.165, 1.54) is 24.4 Å². The van der Waals surface area contributed by atoms with Crippen LogP contribution in [-0.2, 0) is 6.18 Å². The second-order valence-electron chi connectivity index (χ2n) is 6.94. The monoisotopic (exact) mass is 473 g/mol. The third kappa shape index (κ3) is 5.31. The largest absolute Gasteiger partial charge is 0.451 e. The van der Waals surface area contributed by atoms with Crippen LogP contribution in [0.2, 0.25) is 0 Å². The molecule has 0 radical (unpaired) electrons. The standard InChI is InChI=1S/C21H19F4N9/c1-11(17(34-28)9-29-15-5-3-2-4-14(15)22)16-6-13(18(33-16)19(27)32-10-26)12-7-30-20(31-8-12)21(23,24)25/h2-11,33H,28H2,1H3,(H3,26,27,32). The molecular weight excluding hydrogens is 454 g/mol. The van der Waals surface area contributed by atoms with Gasteiger partial charge in [-0.3, -0.25) is 10.4 Å². The number of nitrogens with zero attached hydrogens (tertiary/aromatic N) is 5. The summed E-state index contributed by atoms with van der Waals surface area (Å²) in [5.74, 6) is 3.10. The zero-order chi connectivity index (χ0) is 24.9. The van der Waals surface area contributed by atoms with Gasteiger partial charge in [-0.05, 0) is 18.2 Å². The third-order valence-corrected chi connectivity index (χ3v) is 4.76. The number of aliphatic imine (C=N–C) groups is 2. The van der Waals surface area contributed by atoms with E-state index in [9.17, 15) is 17.6 Å². The Morgan fingerprint density at radius 3 is 2.47 bits per heavy atom. The van der Waals surface area contributed by atoms with Crippen LogP contribution < -0.4 is 11.6 Å². The van der Waals surface area contributed by atoms with Crippen molar-refractivity contribution in [2.75, 3.05) is 0 Å². The summed E-state index contributed by atoms with van der Waals surface area (Å²) in [6.45, 7) is 1.73. The van der Waals surface area contributed by atoms with E-state index >= 15 is 0 Å². The fraction of sp³-hybridized carbons (Fsp3) is 0.143. The van der Waals surface area contributed by atoms with Crippen molar-refractivity contribution in [2.45, 2.75) is 19.0 Å². The Morgan fingerprint density at radius 1 is 1.21 bits per heavy atom. The predicted octanol–water partition coefficient (Wildman–Crippen LogP) is 3.76. The summed E-state index contributed by atoms with van der Waals surface area (Å²) in [6, 6.07) is 7.49. The minimum Gasteiger partial charge on any atom is -0.382 e. The number of aromatic amines is 1. The van der Waals surface area contributed by atoms with E-state index in [0.29, 0.717) is 11.3 Å². The Hall–Kier alpha value is -4.42. The van der Waals surface area contributed by atoms with Crippen molar-refractivity contribution in [3.8, 4) is 11.1 Å². The first-order valence-electron chi connectivity index (χ1n) is 9.67. The van der Waals surface area contributed by atoms with Crippen molar-refractivity contribution in [1.29, 1.82) is 5.41 Å². The Kier molecular flexibility index (Phi) is 7.14. The van der Waals surface area contributed by atoms with E-state index in [2.05, 4.69) is 30.0 Å². The van der Waals surface area contributed by atoms with Gasteiger partial charge in [0.1, 0.15) is 18.0 Å². The maximum Gasteiger partial charge on any atom is 0.451 e. The molecule has 1 aromatic carbocycles. The second-order valence-corrected chi connectivity index (χ2v) is 6.94. The molecule has 0 amide bonds. The minimum absolute atomic E-state index is 0.0883. The first-order chi connectivity index (χ1) is 16.2. The number of benzene rings is 1. The van der Waals surface area contributed by atoms with Crippen LogP contribution in [-0.4, -0.2) is 39.1 Å². The van der Waals surface area contributed by atoms with Gasteiger partial charge in [0.25, 0.3) is 0 Å². The van der Waals surface area contributed by atoms with Crippen LogP contribution in [0, 0.1) is 11.2 Å². The third-order valence-electron chi connectivity index (χ3n) is 4.76. The van der Waals surface area contributed by atoms with Crippen LogP contribution in [0.15, 0.2) is 57.8 Å². The van der Waals surface area contributed by atoms with Crippen LogP contribution in [0.4, 0.5) is 23.2 Å². The van der Waals surface area contributed by atoms with Crippen molar-refractivity contribution in [2.24, 2.45) is 26.7 Å². The van der Waals surface area contributed by atoms with E-state index in [4.69, 9.17) is 17.0 Å². The molecule has 2 heterocycles. The Balaban J connectivity index is 2.01. The van der Waals surface area contributed by atoms with Gasteiger partial charge in [0.15, 0.2) is 0 Å². The van der Waals surface area contributed by atoms with E-state index in [-0.39, 0.29) is 28.5 Å². The number of hydrogen-bond donors (Lipinski definition) is 4. The van der Waals surface area contributed by atoms with Gasteiger partial charge in [-0.2, -0.15) is 18.3 Å². The lowest BCUT2D eigenvalue weighted by molar-refractivity contribution is -0.144. The summed E-state index contributed by atoms with van der Waals surface area (Å²) >= 11 is 0. The fourth-order valence-corrected chi connectivity index (χ4v) is 2.99. The molecule has 6 N–H and O–H groups in total. The van der Waals surface area contributed by atoms with Crippen molar-refractivity contribution in [3.63, 3.8) is 0 Å². The summed E-state index contributed by atoms with van der Waals surface area (Å²) < 4.78 is 52.4. The predicted molar refractivity (Wildman–Crippen MR) is 121 cm³/mol. The van der Waals surface area contributed by atoms with Crippen molar-refractivity contribution >= 4 is 29.8 Å². The molecule has 3 rings (SSSR count). The zero-order valence-corrected chi connectivity index (χ0v) is 17.7. The molecule has 0 saturated carbocycles. The molecule has 0 spiro atoms. The number of H-pyrrole nitrogens is 1. The molecule has 0 aliphatic carbocycles. The van der Waals surface area contributed by atoms with Crippen molar-refractivity contribution < 1.29 is 17.6 Å². The summed E-state index contributed by atoms with van der Waals surface area (Å²) in [5.41, 5.74) is 7.61. The van der Waals surface area contributed by atoms with Gasteiger partial charge in [0.2, 0.25) is 5.82 Å². The molecule has 1 atom stereocenters. The molecule has 0 aliphatic rings. The van der Waals surface area contributed by atoms with Crippen molar-refractivity contribution in [1.82, 2.24) is 15.0 Å². The number of rotatable bonds is 7. The molecule has 0 bridgehead atoms. The molecule has 0 fully saturated rings. The minimum atomic E-state index is -4.69. The summed E-state index contributed by atoms with van der Waals surface area (Å²) in [7, 11) is 0. The number of hydrazone groups is 1. The van der Waals surface area contributed by atoms with E-state index in [1.54, 1.807) is 19.1 Å². The Labute approximate surface area is 190 Å². The van der Waals surface area contributed by atoms with Gasteiger partial charge in [0.05, 0.1) is 23.3 Å². The zero-order valence-electron chi connectivity index (χ0n) is 17.7. The number of alkyl halides is 3. The second kappa shape index (κ2) is 10.0. The van der Waals surface area contributed by atoms with Gasteiger partial charge >= 0.3 is 6.18 Å². The number of aromatic nitrogens is 3. The summed E-state index contributed by atoms with van der Waals surface area (Å²) in [6.07, 6.45) is -0.651. The molecule has 176 valence electrons. The first kappa shape index (κ1) is 24.2. The molecular formula is C21H19F4N9. The van der Waals surface area contributed by atoms with E-state index < -0.39 is 23.7 Å². The van der Waals surface area contributed by atoms with Crippen LogP contribution in [0.1, 0.15) is 30.1 Å². The number of halogens is 4. The molecule has 3 aromatic rings. The summed E-state index contributed by atoms with van der Waals surface area (Å²) in [4.78, 5) is 17.6. The lowest BCUT2D eigenvalue weighted by Gasteiger charge is -2.09. The van der Waals surface area contributed by atoms with Crippen LogP contribution >= 0.6 is 0 Å². The molecule has 0 saturated heterocycles. The fourth-order valence-electron chi connectivity index (χ4n) is 2.99. The maximum absolute atomic E-state index is 13.9. The van der Waals surface area contributed by atoms with Crippen LogP contribution in [0.5, 0.6) is 0 Å². The molecule has 13 heteroatoms. The number of para-hydroxylation sites is 1. The highest BCUT2D eigenvalue weighted by atomic mass is 19.4. The lowest BCUT2D eigenvalue weighted by Crippen LogP contribution is -2.17. The van der Waals surface area contributed by atoms with Gasteiger partial charge in [-0.1, -0.05) is 19.1 Å². The van der Waals surface area contributed by atoms with E-state index in [0.717, 1.165) is 18.7 Å². The van der Waals surface area contributed by atoms with Gasteiger partial charge in [0, 0.05) is 35.1 Å². The number of nitrogens with one attached hydrogen (secondary N) is 2. The molecule has 1 unspecified atom stereocenters. The molecule has 34 heavy (non-hydrogen) atoms. The normalized spacial score (nSPS) is 13.9. The van der Waals surface area contributed by atoms with E-state index in [1.807, 2.05) is 0 Å². The lowest BCUT2D eigenvalue weighted by atomic mass is 10.0. The highest BCUT2D eigenvalue weighted by Crippen LogP contribution is 2.30. The Bertz CT molecular complexity index is 1260. The average molecular weight is 473 g/mol. The molecule has 0 aliphatic heterocycles. The quantitative estimate of drug-likeness (QED) is 0.136.